The molecule has 5 heteroatoms. The predicted octanol–water partition coefficient (Wildman–Crippen LogP) is 1.33. The smallest absolute Gasteiger partial charge is 0.353 e. The molecule has 1 aliphatic rings. The Balaban J connectivity index is 2.16. The molecule has 1 unspecified atom stereocenters. The van der Waals surface area contributed by atoms with Crippen LogP contribution in [0.4, 0.5) is 0 Å². The van der Waals surface area contributed by atoms with E-state index in [4.69, 9.17) is 5.11 Å². The van der Waals surface area contributed by atoms with E-state index in [1.54, 1.807) is 0 Å². The Morgan fingerprint density at radius 1 is 1.77 bits per heavy atom. The van der Waals surface area contributed by atoms with Crippen molar-refractivity contribution in [3.8, 4) is 0 Å². The van der Waals surface area contributed by atoms with Crippen LogP contribution in [0.2, 0.25) is 0 Å². The van der Waals surface area contributed by atoms with Gasteiger partial charge in [0.25, 0.3) is 0 Å². The highest BCUT2D eigenvalue weighted by atomic mass is 32.2. The number of hydrogen-bond donors (Lipinski definition) is 2. The summed E-state index contributed by atoms with van der Waals surface area (Å²) < 4.78 is 0. The summed E-state index contributed by atoms with van der Waals surface area (Å²) in [5.41, 5.74) is 0.187. The molecular formula is C8H10N2O2S. The fraction of sp³-hybridized carbons (Fsp3) is 0.500. The molecule has 1 aromatic rings. The quantitative estimate of drug-likeness (QED) is 0.752. The summed E-state index contributed by atoms with van der Waals surface area (Å²) >= 11 is 1.89. The maximum Gasteiger partial charge on any atom is 0.353 e. The second-order valence-electron chi connectivity index (χ2n) is 3.05. The summed E-state index contributed by atoms with van der Waals surface area (Å²) in [5.74, 6) is 2.49. The molecule has 1 fully saturated rings. The number of carbonyl (C=O) groups is 1. The number of nitrogens with zero attached hydrogens (tertiary/aromatic N) is 1. The lowest BCUT2D eigenvalue weighted by Gasteiger charge is -2.01. The van der Waals surface area contributed by atoms with Crippen molar-refractivity contribution >= 4 is 17.7 Å². The molecule has 1 aromatic heterocycles. The van der Waals surface area contributed by atoms with Crippen LogP contribution in [0, 0.1) is 0 Å². The van der Waals surface area contributed by atoms with E-state index in [1.165, 1.54) is 6.20 Å². The average Bonchev–Trinajstić information content (AvgIpc) is 2.75. The Bertz CT molecular complexity index is 318. The van der Waals surface area contributed by atoms with Crippen molar-refractivity contribution in [2.75, 3.05) is 11.5 Å². The second kappa shape index (κ2) is 3.41. The number of hydrogen-bond acceptors (Lipinski definition) is 3. The summed E-state index contributed by atoms with van der Waals surface area (Å²) in [5, 5.41) is 8.66. The summed E-state index contributed by atoms with van der Waals surface area (Å²) in [6.45, 7) is 0. The minimum atomic E-state index is -0.940. The van der Waals surface area contributed by atoms with Crippen LogP contribution in [0.5, 0.6) is 0 Å². The zero-order valence-electron chi connectivity index (χ0n) is 6.99. The molecule has 0 aliphatic carbocycles. The average molecular weight is 198 g/mol. The third kappa shape index (κ3) is 1.70. The molecule has 0 spiro atoms. The summed E-state index contributed by atoms with van der Waals surface area (Å²) in [7, 11) is 0. The van der Waals surface area contributed by atoms with Crippen LogP contribution in [-0.4, -0.2) is 32.5 Å². The fourth-order valence-corrected chi connectivity index (χ4v) is 2.63. The lowest BCUT2D eigenvalue weighted by atomic mass is 10.1. The Labute approximate surface area is 79.8 Å². The number of imidazole rings is 1. The predicted molar refractivity (Wildman–Crippen MR) is 50.2 cm³/mol. The van der Waals surface area contributed by atoms with Gasteiger partial charge in [-0.2, -0.15) is 11.8 Å². The van der Waals surface area contributed by atoms with Gasteiger partial charge in [0.05, 0.1) is 6.20 Å². The molecule has 0 aromatic carbocycles. The third-order valence-corrected chi connectivity index (χ3v) is 3.30. The molecular weight excluding hydrogens is 188 g/mol. The van der Waals surface area contributed by atoms with E-state index < -0.39 is 5.97 Å². The first-order chi connectivity index (χ1) is 6.27. The molecule has 13 heavy (non-hydrogen) atoms. The lowest BCUT2D eigenvalue weighted by molar-refractivity contribution is 0.0691. The molecule has 2 heterocycles. The number of thioether (sulfide) groups is 1. The molecule has 2 N–H and O–H groups in total. The van der Waals surface area contributed by atoms with E-state index in [0.29, 0.717) is 5.92 Å². The number of nitrogens with one attached hydrogen (secondary N) is 1. The van der Waals surface area contributed by atoms with E-state index >= 15 is 0 Å². The normalized spacial score (nSPS) is 22.0. The lowest BCUT2D eigenvalue weighted by Crippen LogP contribution is -2.01. The van der Waals surface area contributed by atoms with Crippen LogP contribution < -0.4 is 0 Å². The summed E-state index contributed by atoms with van der Waals surface area (Å²) in [4.78, 5) is 17.5. The number of H-pyrrole nitrogens is 1. The molecule has 0 bridgehead atoms. The second-order valence-corrected chi connectivity index (χ2v) is 4.20. The van der Waals surface area contributed by atoms with Crippen molar-refractivity contribution < 1.29 is 9.90 Å². The SMILES string of the molecule is O=C(O)c1cnc(C2CCSC2)[nH]1. The van der Waals surface area contributed by atoms with Crippen LogP contribution in [0.3, 0.4) is 0 Å². The van der Waals surface area contributed by atoms with Gasteiger partial charge in [-0.1, -0.05) is 0 Å². The van der Waals surface area contributed by atoms with Gasteiger partial charge < -0.3 is 10.1 Å². The van der Waals surface area contributed by atoms with Crippen LogP contribution in [-0.2, 0) is 0 Å². The molecule has 0 radical (unpaired) electrons. The number of rotatable bonds is 2. The van der Waals surface area contributed by atoms with Gasteiger partial charge in [0.15, 0.2) is 0 Å². The van der Waals surface area contributed by atoms with Crippen LogP contribution in [0.15, 0.2) is 6.20 Å². The van der Waals surface area contributed by atoms with Crippen LogP contribution in [0.1, 0.15) is 28.7 Å². The molecule has 4 nitrogen and oxygen atoms in total. The Morgan fingerprint density at radius 2 is 2.62 bits per heavy atom. The zero-order chi connectivity index (χ0) is 9.26. The number of aromatic carboxylic acids is 1. The number of aromatic amines is 1. The molecule has 70 valence electrons. The number of carboxylic acid groups (broad SMARTS) is 1. The zero-order valence-corrected chi connectivity index (χ0v) is 7.80. The maximum absolute atomic E-state index is 10.6. The van der Waals surface area contributed by atoms with E-state index in [2.05, 4.69) is 9.97 Å². The maximum atomic E-state index is 10.6. The Morgan fingerprint density at radius 3 is 3.15 bits per heavy atom. The molecule has 1 aliphatic heterocycles. The molecule has 2 rings (SSSR count). The fourth-order valence-electron chi connectivity index (χ4n) is 1.40. The monoisotopic (exact) mass is 198 g/mol. The largest absolute Gasteiger partial charge is 0.477 e. The summed E-state index contributed by atoms with van der Waals surface area (Å²) in [6.07, 6.45) is 2.48. The van der Waals surface area contributed by atoms with Crippen molar-refractivity contribution in [1.29, 1.82) is 0 Å². The van der Waals surface area contributed by atoms with Gasteiger partial charge in [0.1, 0.15) is 11.5 Å². The van der Waals surface area contributed by atoms with E-state index in [1.807, 2.05) is 11.8 Å². The third-order valence-electron chi connectivity index (χ3n) is 2.14. The van der Waals surface area contributed by atoms with Crippen molar-refractivity contribution in [1.82, 2.24) is 9.97 Å². The first kappa shape index (κ1) is 8.62. The Hall–Kier alpha value is -0.970. The van der Waals surface area contributed by atoms with Gasteiger partial charge in [0.2, 0.25) is 0 Å². The van der Waals surface area contributed by atoms with E-state index in [9.17, 15) is 4.79 Å². The number of carboxylic acids is 1. The first-order valence-corrected chi connectivity index (χ1v) is 5.29. The standard InChI is InChI=1S/C8H10N2O2S/c11-8(12)6-3-9-7(10-6)5-1-2-13-4-5/h3,5H,1-2,4H2,(H,9,10)(H,11,12). The minimum absolute atomic E-state index is 0.187. The van der Waals surface area contributed by atoms with Gasteiger partial charge in [-0.25, -0.2) is 9.78 Å². The van der Waals surface area contributed by atoms with Gasteiger partial charge in [0, 0.05) is 11.7 Å². The molecule has 1 atom stereocenters. The highest BCUT2D eigenvalue weighted by Crippen LogP contribution is 2.30. The van der Waals surface area contributed by atoms with Crippen LogP contribution >= 0.6 is 11.8 Å². The molecule has 0 saturated carbocycles. The highest BCUT2D eigenvalue weighted by Gasteiger charge is 2.21. The topological polar surface area (TPSA) is 66.0 Å². The molecule has 0 amide bonds. The van der Waals surface area contributed by atoms with Gasteiger partial charge >= 0.3 is 5.97 Å². The van der Waals surface area contributed by atoms with Crippen LogP contribution in [0.25, 0.3) is 0 Å². The van der Waals surface area contributed by atoms with Crippen molar-refractivity contribution in [2.24, 2.45) is 0 Å². The van der Waals surface area contributed by atoms with Gasteiger partial charge in [-0.3, -0.25) is 0 Å². The minimum Gasteiger partial charge on any atom is -0.477 e. The Kier molecular flexibility index (Phi) is 2.26. The first-order valence-electron chi connectivity index (χ1n) is 4.13. The van der Waals surface area contributed by atoms with Gasteiger partial charge in [-0.15, -0.1) is 0 Å². The van der Waals surface area contributed by atoms with Crippen molar-refractivity contribution in [3.05, 3.63) is 17.7 Å². The van der Waals surface area contributed by atoms with E-state index in [0.717, 1.165) is 23.8 Å². The van der Waals surface area contributed by atoms with Gasteiger partial charge in [-0.05, 0) is 12.2 Å². The highest BCUT2D eigenvalue weighted by molar-refractivity contribution is 7.99. The summed E-state index contributed by atoms with van der Waals surface area (Å²) in [6, 6.07) is 0. The number of aromatic nitrogens is 2. The molecule has 1 saturated heterocycles. The van der Waals surface area contributed by atoms with E-state index in [-0.39, 0.29) is 5.69 Å². The van der Waals surface area contributed by atoms with Crippen molar-refractivity contribution in [3.63, 3.8) is 0 Å². The van der Waals surface area contributed by atoms with Crippen molar-refractivity contribution in [2.45, 2.75) is 12.3 Å².